The first-order valence-electron chi connectivity index (χ1n) is 4.64. The lowest BCUT2D eigenvalue weighted by atomic mass is 10.2. The Morgan fingerprint density at radius 2 is 1.92 bits per heavy atom. The van der Waals surface area contributed by atoms with Gasteiger partial charge in [0.15, 0.2) is 0 Å². The molecule has 0 aromatic carbocycles. The molecule has 0 aromatic rings. The molecule has 3 heteroatoms. The van der Waals surface area contributed by atoms with E-state index < -0.39 is 13.7 Å². The van der Waals surface area contributed by atoms with Gasteiger partial charge in [0.25, 0.3) is 0 Å². The third-order valence-electron chi connectivity index (χ3n) is 2.89. The van der Waals surface area contributed by atoms with E-state index in [-0.39, 0.29) is 5.73 Å². The van der Waals surface area contributed by atoms with E-state index in [2.05, 4.69) is 19.6 Å². The zero-order valence-corrected chi connectivity index (χ0v) is 9.46. The van der Waals surface area contributed by atoms with Gasteiger partial charge < -0.3 is 10.2 Å². The molecule has 0 amide bonds. The largest absolute Gasteiger partial charge is 0.397 e. The second-order valence-corrected chi connectivity index (χ2v) is 10.8. The summed E-state index contributed by atoms with van der Waals surface area (Å²) in [4.78, 5) is 0. The predicted octanol–water partition coefficient (Wildman–Crippen LogP) is 1.39. The molecule has 1 fully saturated rings. The van der Waals surface area contributed by atoms with Gasteiger partial charge in [0.2, 0.25) is 0 Å². The standard InChI is InChI=1S/C9H20O2Si/c1-9(11)6-7(9)5-8(10)12(2,3)4/h7-8,10-11H,5-6H2,1-4H3/t7-,8+,9+/m1/s1. The second kappa shape index (κ2) is 2.82. The Labute approximate surface area is 75.6 Å². The van der Waals surface area contributed by atoms with Gasteiger partial charge in [-0.25, -0.2) is 0 Å². The van der Waals surface area contributed by atoms with Crippen LogP contribution in [0, 0.1) is 5.92 Å². The molecule has 1 aliphatic rings. The fourth-order valence-electron chi connectivity index (χ4n) is 1.40. The number of rotatable bonds is 3. The van der Waals surface area contributed by atoms with Crippen molar-refractivity contribution in [3.8, 4) is 0 Å². The minimum atomic E-state index is -1.40. The third kappa shape index (κ3) is 2.31. The zero-order valence-electron chi connectivity index (χ0n) is 8.46. The molecule has 0 aliphatic heterocycles. The summed E-state index contributed by atoms with van der Waals surface area (Å²) < 4.78 is 0. The molecule has 0 spiro atoms. The van der Waals surface area contributed by atoms with Crippen LogP contribution in [0.1, 0.15) is 19.8 Å². The molecule has 0 bridgehead atoms. The molecule has 2 N–H and O–H groups in total. The maximum atomic E-state index is 9.78. The average molecular weight is 188 g/mol. The van der Waals surface area contributed by atoms with Crippen LogP contribution in [0.3, 0.4) is 0 Å². The van der Waals surface area contributed by atoms with Gasteiger partial charge in [-0.2, -0.15) is 0 Å². The first-order chi connectivity index (χ1) is 5.23. The third-order valence-corrected chi connectivity index (χ3v) is 5.12. The van der Waals surface area contributed by atoms with Gasteiger partial charge >= 0.3 is 0 Å². The van der Waals surface area contributed by atoms with Gasteiger partial charge in [0.05, 0.1) is 13.7 Å². The minimum absolute atomic E-state index is 0.156. The van der Waals surface area contributed by atoms with Crippen LogP contribution in [0.4, 0.5) is 0 Å². The van der Waals surface area contributed by atoms with Crippen LogP contribution in [0.25, 0.3) is 0 Å². The Morgan fingerprint density at radius 3 is 2.17 bits per heavy atom. The van der Waals surface area contributed by atoms with Gasteiger partial charge in [0, 0.05) is 5.73 Å². The molecule has 12 heavy (non-hydrogen) atoms. The first kappa shape index (κ1) is 10.2. The Bertz CT molecular complexity index is 172. The lowest BCUT2D eigenvalue weighted by molar-refractivity contribution is 0.134. The molecular weight excluding hydrogens is 168 g/mol. The van der Waals surface area contributed by atoms with Crippen LogP contribution in [-0.4, -0.2) is 29.6 Å². The Morgan fingerprint density at radius 1 is 1.50 bits per heavy atom. The molecule has 0 radical (unpaired) electrons. The summed E-state index contributed by atoms with van der Waals surface area (Å²) >= 11 is 0. The van der Waals surface area contributed by atoms with Gasteiger partial charge in [0.1, 0.15) is 0 Å². The molecule has 0 unspecified atom stereocenters. The van der Waals surface area contributed by atoms with E-state index >= 15 is 0 Å². The summed E-state index contributed by atoms with van der Waals surface area (Å²) in [7, 11) is -1.40. The van der Waals surface area contributed by atoms with Crippen molar-refractivity contribution >= 4 is 8.07 Å². The minimum Gasteiger partial charge on any atom is -0.397 e. The van der Waals surface area contributed by atoms with Gasteiger partial charge in [-0.15, -0.1) is 0 Å². The lowest BCUT2D eigenvalue weighted by Gasteiger charge is -2.23. The van der Waals surface area contributed by atoms with Crippen molar-refractivity contribution in [2.24, 2.45) is 5.92 Å². The Kier molecular flexibility index (Phi) is 2.40. The van der Waals surface area contributed by atoms with E-state index in [9.17, 15) is 10.2 Å². The summed E-state index contributed by atoms with van der Waals surface area (Å²) in [6.45, 7) is 8.34. The van der Waals surface area contributed by atoms with Gasteiger partial charge in [-0.1, -0.05) is 19.6 Å². The fourth-order valence-corrected chi connectivity index (χ4v) is 2.39. The highest BCUT2D eigenvalue weighted by Gasteiger charge is 2.49. The highest BCUT2D eigenvalue weighted by molar-refractivity contribution is 6.77. The normalized spacial score (nSPS) is 38.0. The van der Waals surface area contributed by atoms with Crippen molar-refractivity contribution < 1.29 is 10.2 Å². The van der Waals surface area contributed by atoms with Crippen LogP contribution in [0.5, 0.6) is 0 Å². The second-order valence-electron chi connectivity index (χ2n) is 5.38. The van der Waals surface area contributed by atoms with E-state index in [0.29, 0.717) is 5.92 Å². The van der Waals surface area contributed by atoms with Crippen LogP contribution >= 0.6 is 0 Å². The number of hydrogen-bond donors (Lipinski definition) is 2. The SMILES string of the molecule is C[C@]1(O)C[C@H]1C[C@@H](O)[Si](C)(C)C. The van der Waals surface area contributed by atoms with Crippen LogP contribution in [-0.2, 0) is 0 Å². The molecule has 1 saturated carbocycles. The van der Waals surface area contributed by atoms with Crippen molar-refractivity contribution in [3.63, 3.8) is 0 Å². The van der Waals surface area contributed by atoms with Crippen molar-refractivity contribution in [1.82, 2.24) is 0 Å². The monoisotopic (exact) mass is 188 g/mol. The van der Waals surface area contributed by atoms with E-state index in [4.69, 9.17) is 0 Å². The molecule has 0 aromatic heterocycles. The molecule has 3 atom stereocenters. The molecule has 1 rings (SSSR count). The van der Waals surface area contributed by atoms with E-state index in [1.165, 1.54) is 0 Å². The Balaban J connectivity index is 2.34. The molecule has 2 nitrogen and oxygen atoms in total. The summed E-state index contributed by atoms with van der Waals surface area (Å²) in [5.74, 6) is 0.347. The summed E-state index contributed by atoms with van der Waals surface area (Å²) in [5, 5.41) is 19.3. The topological polar surface area (TPSA) is 40.5 Å². The highest BCUT2D eigenvalue weighted by Crippen LogP contribution is 2.46. The molecule has 0 heterocycles. The summed E-state index contributed by atoms with van der Waals surface area (Å²) in [5.41, 5.74) is -0.628. The molecule has 0 saturated heterocycles. The highest BCUT2D eigenvalue weighted by atomic mass is 28.3. The van der Waals surface area contributed by atoms with Crippen molar-refractivity contribution in [2.45, 2.75) is 50.7 Å². The van der Waals surface area contributed by atoms with Crippen molar-refractivity contribution in [1.29, 1.82) is 0 Å². The maximum Gasteiger partial charge on any atom is 0.0781 e. The predicted molar refractivity (Wildman–Crippen MR) is 52.7 cm³/mol. The van der Waals surface area contributed by atoms with E-state index in [1.54, 1.807) is 0 Å². The summed E-state index contributed by atoms with van der Waals surface area (Å²) in [6, 6.07) is 0. The molecular formula is C9H20O2Si. The van der Waals surface area contributed by atoms with E-state index in [1.807, 2.05) is 6.92 Å². The van der Waals surface area contributed by atoms with Crippen LogP contribution in [0.2, 0.25) is 19.6 Å². The molecule has 72 valence electrons. The lowest BCUT2D eigenvalue weighted by Crippen LogP contribution is -2.38. The van der Waals surface area contributed by atoms with Gasteiger partial charge in [-0.3, -0.25) is 0 Å². The molecule has 1 aliphatic carbocycles. The number of aliphatic hydroxyl groups is 2. The first-order valence-corrected chi connectivity index (χ1v) is 8.21. The number of hydrogen-bond acceptors (Lipinski definition) is 2. The summed E-state index contributed by atoms with van der Waals surface area (Å²) in [6.07, 6.45) is 1.66. The van der Waals surface area contributed by atoms with Crippen LogP contribution in [0.15, 0.2) is 0 Å². The van der Waals surface area contributed by atoms with Crippen LogP contribution < -0.4 is 0 Å². The Hall–Kier alpha value is 0.137. The smallest absolute Gasteiger partial charge is 0.0781 e. The van der Waals surface area contributed by atoms with Crippen molar-refractivity contribution in [2.75, 3.05) is 0 Å². The van der Waals surface area contributed by atoms with E-state index in [0.717, 1.165) is 12.8 Å². The maximum absolute atomic E-state index is 9.78. The average Bonchev–Trinajstić information content (AvgIpc) is 2.36. The van der Waals surface area contributed by atoms with Gasteiger partial charge in [-0.05, 0) is 25.7 Å². The fraction of sp³-hybridized carbons (Fsp3) is 1.00. The van der Waals surface area contributed by atoms with Crippen molar-refractivity contribution in [3.05, 3.63) is 0 Å². The number of aliphatic hydroxyl groups excluding tert-OH is 1. The quantitative estimate of drug-likeness (QED) is 0.657. The zero-order chi connectivity index (χ0) is 9.57.